The zero-order chi connectivity index (χ0) is 14.7. The molecule has 0 saturated carbocycles. The van der Waals surface area contributed by atoms with Crippen LogP contribution >= 0.6 is 23.1 Å². The van der Waals surface area contributed by atoms with Gasteiger partial charge in [-0.15, -0.1) is 11.3 Å². The lowest BCUT2D eigenvalue weighted by Gasteiger charge is -2.14. The van der Waals surface area contributed by atoms with Gasteiger partial charge in [0.05, 0.1) is 6.10 Å². The second-order valence-corrected chi connectivity index (χ2v) is 7.21. The fourth-order valence-electron chi connectivity index (χ4n) is 1.72. The monoisotopic (exact) mass is 311 g/mol. The number of aliphatic hydroxyl groups is 1. The maximum Gasteiger partial charge on any atom is 0.225 e. The highest BCUT2D eigenvalue weighted by Gasteiger charge is 2.17. The Bertz CT molecular complexity index is 583. The van der Waals surface area contributed by atoms with Crippen molar-refractivity contribution in [1.82, 2.24) is 9.97 Å². The van der Waals surface area contributed by atoms with Crippen molar-refractivity contribution in [3.63, 3.8) is 0 Å². The molecule has 0 aliphatic heterocycles. The fourth-order valence-corrected chi connectivity index (χ4v) is 3.72. The number of aromatic nitrogens is 2. The lowest BCUT2D eigenvalue weighted by molar-refractivity contribution is 0.196. The standard InChI is InChI=1S/C14H21N3OS2/c1-5-10-7-11-12(19-9(4)8(3)18)16-14(15-6-2)17-13(11)20-10/h7-9,18H,5-6H2,1-4H3,(H,15,16,17). The largest absolute Gasteiger partial charge is 0.392 e. The van der Waals surface area contributed by atoms with Crippen molar-refractivity contribution >= 4 is 39.3 Å². The number of fused-ring (bicyclic) bond motifs is 1. The van der Waals surface area contributed by atoms with Crippen LogP contribution in [-0.2, 0) is 6.42 Å². The number of anilines is 1. The molecule has 2 atom stereocenters. The van der Waals surface area contributed by atoms with E-state index in [9.17, 15) is 5.11 Å². The fraction of sp³-hybridized carbons (Fsp3) is 0.571. The van der Waals surface area contributed by atoms with Crippen molar-refractivity contribution in [3.05, 3.63) is 10.9 Å². The van der Waals surface area contributed by atoms with Crippen molar-refractivity contribution in [2.24, 2.45) is 0 Å². The molecule has 0 spiro atoms. The molecule has 0 fully saturated rings. The Balaban J connectivity index is 2.45. The Hall–Kier alpha value is -0.850. The molecule has 2 heterocycles. The van der Waals surface area contributed by atoms with E-state index in [1.165, 1.54) is 4.88 Å². The third kappa shape index (κ3) is 3.42. The summed E-state index contributed by atoms with van der Waals surface area (Å²) in [5.41, 5.74) is 0. The summed E-state index contributed by atoms with van der Waals surface area (Å²) in [6.45, 7) is 8.81. The van der Waals surface area contributed by atoms with E-state index in [0.29, 0.717) is 5.95 Å². The number of nitrogens with zero attached hydrogens (tertiary/aromatic N) is 2. The zero-order valence-electron chi connectivity index (χ0n) is 12.3. The van der Waals surface area contributed by atoms with Crippen LogP contribution in [0.5, 0.6) is 0 Å². The Morgan fingerprint density at radius 1 is 1.35 bits per heavy atom. The quantitative estimate of drug-likeness (QED) is 0.631. The highest BCUT2D eigenvalue weighted by molar-refractivity contribution is 8.00. The van der Waals surface area contributed by atoms with Crippen molar-refractivity contribution < 1.29 is 5.11 Å². The highest BCUT2D eigenvalue weighted by atomic mass is 32.2. The van der Waals surface area contributed by atoms with E-state index in [4.69, 9.17) is 0 Å². The first-order chi connectivity index (χ1) is 9.55. The predicted octanol–water partition coefficient (Wildman–Crippen LogP) is 3.55. The number of rotatable bonds is 6. The number of aliphatic hydroxyl groups excluding tert-OH is 1. The molecule has 110 valence electrons. The molecule has 2 N–H and O–H groups in total. The number of aryl methyl sites for hydroxylation is 1. The second kappa shape index (κ2) is 6.74. The molecule has 0 aromatic carbocycles. The highest BCUT2D eigenvalue weighted by Crippen LogP contribution is 2.35. The van der Waals surface area contributed by atoms with Crippen LogP contribution in [0.25, 0.3) is 10.2 Å². The maximum atomic E-state index is 9.70. The summed E-state index contributed by atoms with van der Waals surface area (Å²) < 4.78 is 0. The van der Waals surface area contributed by atoms with Crippen LogP contribution in [-0.4, -0.2) is 33.0 Å². The van der Waals surface area contributed by atoms with Gasteiger partial charge < -0.3 is 10.4 Å². The van der Waals surface area contributed by atoms with Crippen molar-refractivity contribution in [1.29, 1.82) is 0 Å². The summed E-state index contributed by atoms with van der Waals surface area (Å²) in [5.74, 6) is 0.671. The van der Waals surface area contributed by atoms with Gasteiger partial charge in [-0.1, -0.05) is 25.6 Å². The minimum atomic E-state index is -0.364. The topological polar surface area (TPSA) is 58.0 Å². The molecule has 6 heteroatoms. The van der Waals surface area contributed by atoms with E-state index in [-0.39, 0.29) is 11.4 Å². The summed E-state index contributed by atoms with van der Waals surface area (Å²) in [4.78, 5) is 11.5. The van der Waals surface area contributed by atoms with E-state index in [1.807, 2.05) is 20.8 Å². The lowest BCUT2D eigenvalue weighted by Crippen LogP contribution is -2.15. The van der Waals surface area contributed by atoms with Gasteiger partial charge >= 0.3 is 0 Å². The molecule has 0 amide bonds. The lowest BCUT2D eigenvalue weighted by atomic mass is 10.3. The summed E-state index contributed by atoms with van der Waals surface area (Å²) in [7, 11) is 0. The Morgan fingerprint density at radius 3 is 2.70 bits per heavy atom. The third-order valence-corrected chi connectivity index (χ3v) is 5.54. The van der Waals surface area contributed by atoms with Crippen LogP contribution in [0.4, 0.5) is 5.95 Å². The minimum absolute atomic E-state index is 0.104. The van der Waals surface area contributed by atoms with Crippen LogP contribution in [0.3, 0.4) is 0 Å². The Morgan fingerprint density at radius 2 is 2.10 bits per heavy atom. The van der Waals surface area contributed by atoms with E-state index in [2.05, 4.69) is 28.3 Å². The van der Waals surface area contributed by atoms with Gasteiger partial charge in [-0.3, -0.25) is 0 Å². The second-order valence-electron chi connectivity index (χ2n) is 4.73. The van der Waals surface area contributed by atoms with Gasteiger partial charge in [0.15, 0.2) is 0 Å². The molecule has 0 radical (unpaired) electrons. The molecule has 0 saturated heterocycles. The first kappa shape index (κ1) is 15.5. The molecule has 2 rings (SSSR count). The van der Waals surface area contributed by atoms with Gasteiger partial charge in [-0.25, -0.2) is 9.97 Å². The summed E-state index contributed by atoms with van der Waals surface area (Å²) in [6, 6.07) is 2.17. The third-order valence-electron chi connectivity index (χ3n) is 3.07. The van der Waals surface area contributed by atoms with E-state index >= 15 is 0 Å². The van der Waals surface area contributed by atoms with Crippen molar-refractivity contribution in [2.45, 2.75) is 50.5 Å². The normalized spacial score (nSPS) is 14.4. The number of thioether (sulfide) groups is 1. The summed E-state index contributed by atoms with van der Waals surface area (Å²) >= 11 is 3.33. The van der Waals surface area contributed by atoms with Gasteiger partial charge in [0.2, 0.25) is 5.95 Å². The first-order valence-electron chi connectivity index (χ1n) is 6.94. The number of thiophene rings is 1. The Labute approximate surface area is 128 Å². The van der Waals surface area contributed by atoms with Crippen molar-refractivity contribution in [2.75, 3.05) is 11.9 Å². The summed E-state index contributed by atoms with van der Waals surface area (Å²) in [6.07, 6.45) is 0.644. The van der Waals surface area contributed by atoms with Crippen LogP contribution in [0.15, 0.2) is 11.1 Å². The van der Waals surface area contributed by atoms with E-state index in [0.717, 1.165) is 28.2 Å². The molecule has 2 aromatic rings. The molecule has 0 bridgehead atoms. The van der Waals surface area contributed by atoms with Gasteiger partial charge in [0, 0.05) is 22.1 Å². The minimum Gasteiger partial charge on any atom is -0.392 e. The van der Waals surface area contributed by atoms with Crippen LogP contribution < -0.4 is 5.32 Å². The summed E-state index contributed by atoms with van der Waals surface area (Å²) in [5, 5.41) is 15.0. The Kier molecular flexibility index (Phi) is 5.23. The number of hydrogen-bond acceptors (Lipinski definition) is 6. The molecule has 20 heavy (non-hydrogen) atoms. The molecule has 2 aromatic heterocycles. The molecule has 0 aliphatic rings. The maximum absolute atomic E-state index is 9.70. The van der Waals surface area contributed by atoms with E-state index < -0.39 is 0 Å². The average Bonchev–Trinajstić information content (AvgIpc) is 2.82. The van der Waals surface area contributed by atoms with Gasteiger partial charge in [-0.05, 0) is 26.3 Å². The van der Waals surface area contributed by atoms with Crippen LogP contribution in [0.1, 0.15) is 32.6 Å². The van der Waals surface area contributed by atoms with Crippen LogP contribution in [0.2, 0.25) is 0 Å². The molecular weight excluding hydrogens is 290 g/mol. The number of nitrogens with one attached hydrogen (secondary N) is 1. The molecule has 4 nitrogen and oxygen atoms in total. The van der Waals surface area contributed by atoms with Gasteiger partial charge in [0.1, 0.15) is 9.86 Å². The zero-order valence-corrected chi connectivity index (χ0v) is 13.9. The molecule has 2 unspecified atom stereocenters. The SMILES string of the molecule is CCNc1nc(SC(C)C(C)O)c2cc(CC)sc2n1. The smallest absolute Gasteiger partial charge is 0.225 e. The molecule has 0 aliphatic carbocycles. The molecular formula is C14H21N3OS2. The number of hydrogen-bond donors (Lipinski definition) is 2. The predicted molar refractivity (Wildman–Crippen MR) is 88.0 cm³/mol. The first-order valence-corrected chi connectivity index (χ1v) is 8.63. The van der Waals surface area contributed by atoms with Gasteiger partial charge in [-0.2, -0.15) is 0 Å². The van der Waals surface area contributed by atoms with Crippen molar-refractivity contribution in [3.8, 4) is 0 Å². The van der Waals surface area contributed by atoms with Gasteiger partial charge in [0.25, 0.3) is 0 Å². The average molecular weight is 311 g/mol. The van der Waals surface area contributed by atoms with E-state index in [1.54, 1.807) is 23.1 Å². The van der Waals surface area contributed by atoms with Crippen LogP contribution in [0, 0.1) is 0 Å².